The van der Waals surface area contributed by atoms with Gasteiger partial charge in [0.1, 0.15) is 0 Å². The predicted molar refractivity (Wildman–Crippen MR) is 160 cm³/mol. The van der Waals surface area contributed by atoms with Gasteiger partial charge in [0.2, 0.25) is 5.88 Å². The van der Waals surface area contributed by atoms with Crippen LogP contribution in [0.5, 0.6) is 11.6 Å². The van der Waals surface area contributed by atoms with Crippen LogP contribution in [-0.2, 0) is 21.1 Å². The number of fused-ring (bicyclic) bond motifs is 3. The summed E-state index contributed by atoms with van der Waals surface area (Å²) in [5.41, 5.74) is 3.70. The molecule has 4 aromatic carbocycles. The first-order chi connectivity index (χ1) is 19.2. The van der Waals surface area contributed by atoms with Crippen molar-refractivity contribution in [2.45, 2.75) is 0 Å². The minimum atomic E-state index is 0. The molecule has 7 heteroatoms. The van der Waals surface area contributed by atoms with Gasteiger partial charge < -0.3 is 19.4 Å². The van der Waals surface area contributed by atoms with E-state index in [1.807, 2.05) is 67.4 Å². The molecule has 0 amide bonds. The number of para-hydroxylation sites is 1. The molecular weight excluding hydrogens is 696 g/mol. The summed E-state index contributed by atoms with van der Waals surface area (Å²) in [6, 6.07) is 40.0. The molecule has 1 aliphatic rings. The third-order valence-electron chi connectivity index (χ3n) is 6.51. The fraction of sp³-hybridized carbons (Fsp3) is 0.0303. The van der Waals surface area contributed by atoms with E-state index in [0.29, 0.717) is 11.6 Å². The van der Waals surface area contributed by atoms with Crippen molar-refractivity contribution in [2.24, 2.45) is 0 Å². The molecular formula is C33H23N4OPtS-3. The van der Waals surface area contributed by atoms with E-state index in [9.17, 15) is 0 Å². The molecule has 0 unspecified atom stereocenters. The summed E-state index contributed by atoms with van der Waals surface area (Å²) >= 11 is 1.71. The average Bonchev–Trinajstić information content (AvgIpc) is 3.59. The molecule has 5 nitrogen and oxygen atoms in total. The van der Waals surface area contributed by atoms with Gasteiger partial charge in [-0.3, -0.25) is 0 Å². The summed E-state index contributed by atoms with van der Waals surface area (Å²) in [5, 5.41) is 2.30. The van der Waals surface area contributed by atoms with Crippen LogP contribution in [-0.4, -0.2) is 16.9 Å². The van der Waals surface area contributed by atoms with Crippen molar-refractivity contribution < 1.29 is 25.8 Å². The normalized spacial score (nSPS) is 12.6. The second kappa shape index (κ2) is 11.2. The smallest absolute Gasteiger partial charge is 0.216 e. The number of hydrogen-bond donors (Lipinski definition) is 0. The predicted octanol–water partition coefficient (Wildman–Crippen LogP) is 8.65. The van der Waals surface area contributed by atoms with Crippen LogP contribution in [0.3, 0.4) is 0 Å². The average molecular weight is 719 g/mol. The third-order valence-corrected chi connectivity index (χ3v) is 7.70. The van der Waals surface area contributed by atoms with E-state index in [0.717, 1.165) is 32.8 Å². The van der Waals surface area contributed by atoms with E-state index >= 15 is 0 Å². The second-order valence-corrected chi connectivity index (χ2v) is 10.2. The number of benzene rings is 4. The summed E-state index contributed by atoms with van der Waals surface area (Å²) in [4.78, 5) is 10.7. The van der Waals surface area contributed by atoms with Crippen molar-refractivity contribution in [1.29, 1.82) is 0 Å². The van der Waals surface area contributed by atoms with Crippen LogP contribution >= 0.6 is 11.3 Å². The van der Waals surface area contributed by atoms with Crippen molar-refractivity contribution in [1.82, 2.24) is 9.88 Å². The van der Waals surface area contributed by atoms with E-state index in [1.54, 1.807) is 17.5 Å². The maximum atomic E-state index is 6.38. The van der Waals surface area contributed by atoms with Gasteiger partial charge in [0, 0.05) is 49.5 Å². The standard InChI is InChI=1S/C33H23N4OS.Pt/c1-35-18-19-36(23-35)25-12-9-13-26(20-25)37(24-10-3-2-4-11-24)27-21-29-28-14-5-6-15-31(28)39-33(29)30(22-27)38-32-16-7-8-17-34-32;/h2-19,21,23H,1H3;/q-3;. The number of pyridine rings is 1. The quantitative estimate of drug-likeness (QED) is 0.161. The molecule has 2 aromatic heterocycles. The van der Waals surface area contributed by atoms with E-state index in [4.69, 9.17) is 4.74 Å². The summed E-state index contributed by atoms with van der Waals surface area (Å²) in [7, 11) is 2.01. The monoisotopic (exact) mass is 718 g/mol. The molecule has 0 radical (unpaired) electrons. The SMILES string of the molecule is CN1C=CN(c2[c-]c(N(c3[c-]c(Oc4ccccn4)c4sc5ccccc5c4c3)c3ccccc3)ccc2)[CH-]1.[Pt]. The first-order valence-electron chi connectivity index (χ1n) is 12.6. The Kier molecular flexibility index (Phi) is 7.29. The van der Waals surface area contributed by atoms with Crippen LogP contribution in [0.4, 0.5) is 22.7 Å². The summed E-state index contributed by atoms with van der Waals surface area (Å²) < 4.78 is 8.62. The number of hydrogen-bond acceptors (Lipinski definition) is 6. The van der Waals surface area contributed by atoms with E-state index in [1.165, 1.54) is 10.1 Å². The van der Waals surface area contributed by atoms with E-state index in [2.05, 4.69) is 87.6 Å². The molecule has 1 aliphatic heterocycles. The van der Waals surface area contributed by atoms with Gasteiger partial charge in [0.25, 0.3) is 0 Å². The van der Waals surface area contributed by atoms with Gasteiger partial charge in [-0.05, 0) is 53.8 Å². The zero-order valence-corrected chi connectivity index (χ0v) is 24.6. The Balaban J connectivity index is 0.00000289. The van der Waals surface area contributed by atoms with Crippen molar-refractivity contribution in [2.75, 3.05) is 16.8 Å². The van der Waals surface area contributed by atoms with Crippen molar-refractivity contribution in [3.05, 3.63) is 134 Å². The molecule has 0 bridgehead atoms. The topological polar surface area (TPSA) is 31.8 Å². The van der Waals surface area contributed by atoms with E-state index in [-0.39, 0.29) is 21.1 Å². The molecule has 200 valence electrons. The zero-order valence-electron chi connectivity index (χ0n) is 21.5. The Morgan fingerprint density at radius 1 is 0.825 bits per heavy atom. The Labute approximate surface area is 251 Å². The van der Waals surface area contributed by atoms with Crippen LogP contribution < -0.4 is 14.5 Å². The number of thiophene rings is 1. The fourth-order valence-electron chi connectivity index (χ4n) is 4.73. The molecule has 3 heterocycles. The number of anilines is 4. The van der Waals surface area contributed by atoms with Gasteiger partial charge in [0.05, 0.1) is 0 Å². The Bertz CT molecular complexity index is 1810. The maximum Gasteiger partial charge on any atom is 0.216 e. The molecule has 0 N–H and O–H groups in total. The molecule has 0 fully saturated rings. The third kappa shape index (κ3) is 4.97. The van der Waals surface area contributed by atoms with Crippen LogP contribution in [0.15, 0.2) is 116 Å². The molecule has 0 spiro atoms. The van der Waals surface area contributed by atoms with Crippen molar-refractivity contribution in [3.63, 3.8) is 0 Å². The molecule has 40 heavy (non-hydrogen) atoms. The van der Waals surface area contributed by atoms with Crippen LogP contribution in [0, 0.1) is 18.8 Å². The molecule has 6 aromatic rings. The van der Waals surface area contributed by atoms with Gasteiger partial charge in [-0.1, -0.05) is 53.8 Å². The molecule has 0 aliphatic carbocycles. The van der Waals surface area contributed by atoms with E-state index < -0.39 is 0 Å². The molecule has 7 rings (SSSR count). The fourth-order valence-corrected chi connectivity index (χ4v) is 5.85. The minimum absolute atomic E-state index is 0. The molecule has 0 saturated carbocycles. The number of aromatic nitrogens is 1. The zero-order chi connectivity index (χ0) is 26.2. The minimum Gasteiger partial charge on any atom is -0.510 e. The number of ether oxygens (including phenoxy) is 1. The summed E-state index contributed by atoms with van der Waals surface area (Å²) in [6.45, 7) is 2.02. The van der Waals surface area contributed by atoms with Gasteiger partial charge in [-0.25, -0.2) is 16.3 Å². The maximum absolute atomic E-state index is 6.38. The number of nitrogens with zero attached hydrogens (tertiary/aromatic N) is 4. The number of rotatable bonds is 6. The second-order valence-electron chi connectivity index (χ2n) is 9.17. The van der Waals surface area contributed by atoms with Crippen molar-refractivity contribution in [3.8, 4) is 11.6 Å². The Hall–Kier alpha value is -4.12. The van der Waals surface area contributed by atoms with Gasteiger partial charge >= 0.3 is 0 Å². The summed E-state index contributed by atoms with van der Waals surface area (Å²) in [6.07, 6.45) is 5.77. The Morgan fingerprint density at radius 2 is 1.65 bits per heavy atom. The van der Waals surface area contributed by atoms with Gasteiger partial charge in [-0.2, -0.15) is 12.7 Å². The molecule has 0 atom stereocenters. The first-order valence-corrected chi connectivity index (χ1v) is 13.4. The Morgan fingerprint density at radius 3 is 2.45 bits per heavy atom. The molecule has 0 saturated heterocycles. The van der Waals surface area contributed by atoms with Crippen LogP contribution in [0.25, 0.3) is 20.2 Å². The van der Waals surface area contributed by atoms with Gasteiger partial charge in [0.15, 0.2) is 0 Å². The van der Waals surface area contributed by atoms with Gasteiger partial charge in [-0.15, -0.1) is 41.4 Å². The van der Waals surface area contributed by atoms with Crippen LogP contribution in [0.1, 0.15) is 0 Å². The van der Waals surface area contributed by atoms with Crippen LogP contribution in [0.2, 0.25) is 0 Å². The largest absolute Gasteiger partial charge is 0.510 e. The van der Waals surface area contributed by atoms with Crippen molar-refractivity contribution >= 4 is 54.3 Å². The summed E-state index contributed by atoms with van der Waals surface area (Å²) in [5.74, 6) is 1.18. The first kappa shape index (κ1) is 26.1.